The Bertz CT molecular complexity index is 208. The molecule has 0 aromatic heterocycles. The molecule has 0 spiro atoms. The first-order chi connectivity index (χ1) is 7.59. The van der Waals surface area contributed by atoms with E-state index in [0.717, 1.165) is 38.0 Å². The fourth-order valence-electron chi connectivity index (χ4n) is 2.23. The van der Waals surface area contributed by atoms with E-state index in [2.05, 4.69) is 19.2 Å². The van der Waals surface area contributed by atoms with Gasteiger partial charge in [-0.3, -0.25) is 4.79 Å². The van der Waals surface area contributed by atoms with E-state index in [9.17, 15) is 4.79 Å². The maximum atomic E-state index is 11.2. The van der Waals surface area contributed by atoms with E-state index >= 15 is 0 Å². The highest BCUT2D eigenvalue weighted by Crippen LogP contribution is 2.19. The summed E-state index contributed by atoms with van der Waals surface area (Å²) in [5.74, 6) is 1.78. The van der Waals surface area contributed by atoms with Crippen molar-refractivity contribution < 1.29 is 4.79 Å². The predicted molar refractivity (Wildman–Crippen MR) is 67.3 cm³/mol. The molecule has 1 fully saturated rings. The second-order valence-corrected chi connectivity index (χ2v) is 5.34. The van der Waals surface area contributed by atoms with Crippen molar-refractivity contribution in [2.24, 2.45) is 11.8 Å². The molecule has 0 aromatic rings. The van der Waals surface area contributed by atoms with Gasteiger partial charge in [-0.05, 0) is 44.2 Å². The summed E-state index contributed by atoms with van der Waals surface area (Å²) in [7, 11) is 0. The Kier molecular flexibility index (Phi) is 5.81. The SMILES string of the molecule is CC(=O)N1CCC(CCNCC(C)C)CC1. The average molecular weight is 226 g/mol. The van der Waals surface area contributed by atoms with E-state index in [1.54, 1.807) is 6.92 Å². The second-order valence-electron chi connectivity index (χ2n) is 5.34. The lowest BCUT2D eigenvalue weighted by Gasteiger charge is -2.31. The number of rotatable bonds is 5. The predicted octanol–water partition coefficient (Wildman–Crippen LogP) is 1.88. The number of hydrogen-bond donors (Lipinski definition) is 1. The standard InChI is InChI=1S/C13H26N2O/c1-11(2)10-14-7-4-13-5-8-15(9-6-13)12(3)16/h11,13-14H,4-10H2,1-3H3. The Morgan fingerprint density at radius 2 is 2.00 bits per heavy atom. The zero-order valence-corrected chi connectivity index (χ0v) is 11.0. The number of amides is 1. The minimum Gasteiger partial charge on any atom is -0.343 e. The lowest BCUT2D eigenvalue weighted by atomic mass is 9.93. The Hall–Kier alpha value is -0.570. The minimum atomic E-state index is 0.233. The minimum absolute atomic E-state index is 0.233. The summed E-state index contributed by atoms with van der Waals surface area (Å²) in [5.41, 5.74) is 0. The summed E-state index contributed by atoms with van der Waals surface area (Å²) in [6.45, 7) is 10.3. The summed E-state index contributed by atoms with van der Waals surface area (Å²) in [4.78, 5) is 13.1. The molecular formula is C13H26N2O. The van der Waals surface area contributed by atoms with Crippen LogP contribution in [0.3, 0.4) is 0 Å². The summed E-state index contributed by atoms with van der Waals surface area (Å²) in [6, 6.07) is 0. The molecule has 1 aliphatic rings. The smallest absolute Gasteiger partial charge is 0.219 e. The van der Waals surface area contributed by atoms with Gasteiger partial charge >= 0.3 is 0 Å². The van der Waals surface area contributed by atoms with Crippen LogP contribution >= 0.6 is 0 Å². The van der Waals surface area contributed by atoms with E-state index in [4.69, 9.17) is 0 Å². The number of carbonyl (C=O) groups is 1. The van der Waals surface area contributed by atoms with Gasteiger partial charge < -0.3 is 10.2 Å². The van der Waals surface area contributed by atoms with Gasteiger partial charge in [0.25, 0.3) is 0 Å². The number of piperidine rings is 1. The molecule has 0 saturated carbocycles. The molecule has 1 N–H and O–H groups in total. The van der Waals surface area contributed by atoms with Gasteiger partial charge in [0, 0.05) is 20.0 Å². The second kappa shape index (κ2) is 6.89. The maximum absolute atomic E-state index is 11.2. The van der Waals surface area contributed by atoms with E-state index in [0.29, 0.717) is 0 Å². The van der Waals surface area contributed by atoms with Gasteiger partial charge in [-0.15, -0.1) is 0 Å². The van der Waals surface area contributed by atoms with Crippen LogP contribution in [0.4, 0.5) is 0 Å². The highest BCUT2D eigenvalue weighted by atomic mass is 16.2. The molecule has 0 bridgehead atoms. The largest absolute Gasteiger partial charge is 0.343 e. The maximum Gasteiger partial charge on any atom is 0.219 e. The molecule has 1 amide bonds. The summed E-state index contributed by atoms with van der Waals surface area (Å²) >= 11 is 0. The molecule has 0 unspecified atom stereocenters. The molecule has 3 nitrogen and oxygen atoms in total. The van der Waals surface area contributed by atoms with Crippen molar-refractivity contribution in [2.45, 2.75) is 40.0 Å². The highest BCUT2D eigenvalue weighted by molar-refractivity contribution is 5.73. The fraction of sp³-hybridized carbons (Fsp3) is 0.923. The van der Waals surface area contributed by atoms with Crippen LogP contribution < -0.4 is 5.32 Å². The number of carbonyl (C=O) groups excluding carboxylic acids is 1. The number of nitrogens with zero attached hydrogens (tertiary/aromatic N) is 1. The Morgan fingerprint density at radius 1 is 1.38 bits per heavy atom. The lowest BCUT2D eigenvalue weighted by Crippen LogP contribution is -2.37. The van der Waals surface area contributed by atoms with Crippen LogP contribution in [0.15, 0.2) is 0 Å². The summed E-state index contributed by atoms with van der Waals surface area (Å²) in [6.07, 6.45) is 3.63. The fourth-order valence-corrected chi connectivity index (χ4v) is 2.23. The monoisotopic (exact) mass is 226 g/mol. The van der Waals surface area contributed by atoms with Crippen molar-refractivity contribution in [3.63, 3.8) is 0 Å². The van der Waals surface area contributed by atoms with Crippen molar-refractivity contribution in [2.75, 3.05) is 26.2 Å². The third kappa shape index (κ3) is 4.97. The molecule has 0 atom stereocenters. The van der Waals surface area contributed by atoms with Gasteiger partial charge in [0.15, 0.2) is 0 Å². The molecule has 1 saturated heterocycles. The Balaban J connectivity index is 2.06. The normalized spacial score (nSPS) is 18.1. The van der Waals surface area contributed by atoms with Gasteiger partial charge in [0.2, 0.25) is 5.91 Å². The van der Waals surface area contributed by atoms with Crippen LogP contribution in [0.25, 0.3) is 0 Å². The quantitative estimate of drug-likeness (QED) is 0.726. The van der Waals surface area contributed by atoms with Crippen LogP contribution in [0.2, 0.25) is 0 Å². The molecule has 3 heteroatoms. The summed E-state index contributed by atoms with van der Waals surface area (Å²) < 4.78 is 0. The Labute approximate surface area is 99.6 Å². The third-order valence-electron chi connectivity index (χ3n) is 3.34. The zero-order chi connectivity index (χ0) is 12.0. The molecule has 0 aromatic carbocycles. The molecule has 1 rings (SSSR count). The average Bonchev–Trinajstić information content (AvgIpc) is 2.25. The van der Waals surface area contributed by atoms with Crippen LogP contribution in [0, 0.1) is 11.8 Å². The van der Waals surface area contributed by atoms with Crippen molar-refractivity contribution >= 4 is 5.91 Å². The van der Waals surface area contributed by atoms with Crippen molar-refractivity contribution in [1.82, 2.24) is 10.2 Å². The first-order valence-corrected chi connectivity index (χ1v) is 6.55. The first-order valence-electron chi connectivity index (χ1n) is 6.55. The molecule has 0 radical (unpaired) electrons. The van der Waals surface area contributed by atoms with Gasteiger partial charge in [-0.25, -0.2) is 0 Å². The van der Waals surface area contributed by atoms with Crippen molar-refractivity contribution in [3.05, 3.63) is 0 Å². The Morgan fingerprint density at radius 3 is 2.50 bits per heavy atom. The van der Waals surface area contributed by atoms with Crippen molar-refractivity contribution in [3.8, 4) is 0 Å². The number of nitrogens with one attached hydrogen (secondary N) is 1. The molecule has 0 aliphatic carbocycles. The topological polar surface area (TPSA) is 32.3 Å². The van der Waals surface area contributed by atoms with E-state index < -0.39 is 0 Å². The van der Waals surface area contributed by atoms with E-state index in [-0.39, 0.29) is 5.91 Å². The third-order valence-corrected chi connectivity index (χ3v) is 3.34. The van der Waals surface area contributed by atoms with Crippen LogP contribution in [0.1, 0.15) is 40.0 Å². The first kappa shape index (κ1) is 13.5. The molecule has 1 heterocycles. The van der Waals surface area contributed by atoms with E-state index in [1.807, 2.05) is 4.90 Å². The van der Waals surface area contributed by atoms with Crippen LogP contribution in [0.5, 0.6) is 0 Å². The van der Waals surface area contributed by atoms with Gasteiger partial charge in [-0.2, -0.15) is 0 Å². The number of likely N-dealkylation sites (tertiary alicyclic amines) is 1. The lowest BCUT2D eigenvalue weighted by molar-refractivity contribution is -0.130. The van der Waals surface area contributed by atoms with Crippen LogP contribution in [-0.4, -0.2) is 37.0 Å². The van der Waals surface area contributed by atoms with Crippen LogP contribution in [-0.2, 0) is 4.79 Å². The molecular weight excluding hydrogens is 200 g/mol. The van der Waals surface area contributed by atoms with Gasteiger partial charge in [0.1, 0.15) is 0 Å². The molecule has 16 heavy (non-hydrogen) atoms. The van der Waals surface area contributed by atoms with Crippen molar-refractivity contribution in [1.29, 1.82) is 0 Å². The van der Waals surface area contributed by atoms with Gasteiger partial charge in [-0.1, -0.05) is 13.8 Å². The molecule has 94 valence electrons. The summed E-state index contributed by atoms with van der Waals surface area (Å²) in [5, 5.41) is 3.49. The highest BCUT2D eigenvalue weighted by Gasteiger charge is 2.19. The number of hydrogen-bond acceptors (Lipinski definition) is 2. The van der Waals surface area contributed by atoms with E-state index in [1.165, 1.54) is 19.3 Å². The van der Waals surface area contributed by atoms with Gasteiger partial charge in [0.05, 0.1) is 0 Å². The molecule has 1 aliphatic heterocycles. The zero-order valence-electron chi connectivity index (χ0n) is 11.0.